The molecule has 0 aromatic heterocycles. The maximum atomic E-state index is 11.8. The average molecular weight is 289 g/mol. The number of amides is 2. The van der Waals surface area contributed by atoms with E-state index in [9.17, 15) is 19.5 Å². The smallest absolute Gasteiger partial charge is 0.309 e. The Morgan fingerprint density at radius 2 is 1.71 bits per heavy atom. The van der Waals surface area contributed by atoms with Crippen molar-refractivity contribution in [2.45, 2.75) is 38.5 Å². The van der Waals surface area contributed by atoms with Crippen LogP contribution < -0.4 is 0 Å². The number of rotatable bonds is 3. The molecule has 1 aliphatic heterocycles. The summed E-state index contributed by atoms with van der Waals surface area (Å²) in [6.45, 7) is 0.402. The van der Waals surface area contributed by atoms with Gasteiger partial charge in [0.25, 0.3) is 11.8 Å². The molecule has 1 heterocycles. The van der Waals surface area contributed by atoms with Crippen LogP contribution in [0.2, 0.25) is 0 Å². The second-order valence-electron chi connectivity index (χ2n) is 7.64. The lowest BCUT2D eigenvalue weighted by molar-refractivity contribution is -0.177. The molecule has 112 valence electrons. The van der Waals surface area contributed by atoms with Gasteiger partial charge in [0.05, 0.1) is 5.41 Å². The van der Waals surface area contributed by atoms with E-state index in [-0.39, 0.29) is 17.2 Å². The normalized spacial score (nSPS) is 43.9. The van der Waals surface area contributed by atoms with Gasteiger partial charge >= 0.3 is 5.97 Å². The van der Waals surface area contributed by atoms with Crippen molar-refractivity contribution in [1.82, 2.24) is 4.90 Å². The van der Waals surface area contributed by atoms with Crippen LogP contribution in [0, 0.1) is 22.7 Å². The van der Waals surface area contributed by atoms with Crippen LogP contribution in [0.15, 0.2) is 12.2 Å². The Bertz CT molecular complexity index is 547. The molecule has 5 aliphatic rings. The highest BCUT2D eigenvalue weighted by Gasteiger charge is 2.61. The Kier molecular flexibility index (Phi) is 2.46. The third-order valence-electron chi connectivity index (χ3n) is 6.03. The third-order valence-corrected chi connectivity index (χ3v) is 6.03. The van der Waals surface area contributed by atoms with Crippen LogP contribution in [0.4, 0.5) is 0 Å². The van der Waals surface area contributed by atoms with Crippen LogP contribution in [-0.2, 0) is 14.4 Å². The van der Waals surface area contributed by atoms with Gasteiger partial charge in [-0.1, -0.05) is 0 Å². The first-order valence-corrected chi connectivity index (χ1v) is 7.68. The van der Waals surface area contributed by atoms with Crippen LogP contribution in [0.1, 0.15) is 38.5 Å². The summed E-state index contributed by atoms with van der Waals surface area (Å²) < 4.78 is 0. The quantitative estimate of drug-likeness (QED) is 0.800. The number of carboxylic acids is 1. The minimum absolute atomic E-state index is 0.167. The van der Waals surface area contributed by atoms with Gasteiger partial charge in [-0.05, 0) is 55.8 Å². The van der Waals surface area contributed by atoms with E-state index in [1.807, 2.05) is 0 Å². The lowest BCUT2D eigenvalue weighted by Gasteiger charge is -2.61. The van der Waals surface area contributed by atoms with Crippen molar-refractivity contribution in [3.63, 3.8) is 0 Å². The molecule has 2 unspecified atom stereocenters. The van der Waals surface area contributed by atoms with Gasteiger partial charge in [0.15, 0.2) is 0 Å². The Hall–Kier alpha value is -1.65. The number of imide groups is 1. The Balaban J connectivity index is 1.64. The second kappa shape index (κ2) is 3.96. The molecule has 5 rings (SSSR count). The van der Waals surface area contributed by atoms with E-state index >= 15 is 0 Å². The van der Waals surface area contributed by atoms with E-state index in [1.54, 1.807) is 0 Å². The van der Waals surface area contributed by atoms with E-state index in [2.05, 4.69) is 0 Å². The fraction of sp³-hybridized carbons (Fsp3) is 0.688. The van der Waals surface area contributed by atoms with Crippen molar-refractivity contribution in [2.24, 2.45) is 22.7 Å². The molecule has 5 heteroatoms. The molecule has 2 atom stereocenters. The van der Waals surface area contributed by atoms with Crippen LogP contribution in [0.25, 0.3) is 0 Å². The standard InChI is InChI=1S/C16H19NO4/c18-12-1-2-13(19)17(12)9-15-4-10-3-11(5-15)7-16(6-10,8-15)14(20)21/h1-2,10-11H,3-9H2,(H,20,21). The molecule has 4 saturated carbocycles. The Morgan fingerprint density at radius 3 is 2.24 bits per heavy atom. The summed E-state index contributed by atoms with van der Waals surface area (Å²) in [6.07, 6.45) is 7.87. The van der Waals surface area contributed by atoms with Gasteiger partial charge in [-0.2, -0.15) is 0 Å². The predicted octanol–water partition coefficient (Wildman–Crippen LogP) is 1.58. The van der Waals surface area contributed by atoms with Crippen molar-refractivity contribution in [1.29, 1.82) is 0 Å². The van der Waals surface area contributed by atoms with Gasteiger partial charge in [-0.25, -0.2) is 0 Å². The minimum atomic E-state index is -0.682. The lowest BCUT2D eigenvalue weighted by atomic mass is 9.44. The first-order valence-electron chi connectivity index (χ1n) is 7.68. The van der Waals surface area contributed by atoms with Gasteiger partial charge in [-0.3, -0.25) is 19.3 Å². The molecule has 5 nitrogen and oxygen atoms in total. The predicted molar refractivity (Wildman–Crippen MR) is 73.0 cm³/mol. The monoisotopic (exact) mass is 289 g/mol. The van der Waals surface area contributed by atoms with Crippen molar-refractivity contribution in [2.75, 3.05) is 6.54 Å². The molecule has 2 amide bonds. The highest BCUT2D eigenvalue weighted by Crippen LogP contribution is 2.65. The Labute approximate surface area is 123 Å². The number of hydrogen-bond acceptors (Lipinski definition) is 3. The topological polar surface area (TPSA) is 74.7 Å². The lowest BCUT2D eigenvalue weighted by Crippen LogP contribution is -2.58. The van der Waals surface area contributed by atoms with Crippen molar-refractivity contribution < 1.29 is 19.5 Å². The Morgan fingerprint density at radius 1 is 1.14 bits per heavy atom. The van der Waals surface area contributed by atoms with Gasteiger partial charge < -0.3 is 5.11 Å². The van der Waals surface area contributed by atoms with Gasteiger partial charge in [0.2, 0.25) is 0 Å². The molecule has 21 heavy (non-hydrogen) atoms. The highest BCUT2D eigenvalue weighted by atomic mass is 16.4. The van der Waals surface area contributed by atoms with E-state index in [4.69, 9.17) is 0 Å². The molecule has 0 aromatic rings. The number of hydrogen-bond donors (Lipinski definition) is 1. The zero-order valence-corrected chi connectivity index (χ0v) is 11.9. The molecular formula is C16H19NO4. The van der Waals surface area contributed by atoms with Crippen molar-refractivity contribution in [3.8, 4) is 0 Å². The van der Waals surface area contributed by atoms with E-state index in [0.717, 1.165) is 32.1 Å². The SMILES string of the molecule is O=C1C=CC(=O)N1CC12CC3CC(C1)CC(C(=O)O)(C3)C2. The fourth-order valence-corrected chi connectivity index (χ4v) is 5.81. The first kappa shape index (κ1) is 13.0. The van der Waals surface area contributed by atoms with E-state index < -0.39 is 11.4 Å². The second-order valence-corrected chi connectivity index (χ2v) is 7.64. The summed E-state index contributed by atoms with van der Waals surface area (Å²) in [5.74, 6) is -0.287. The van der Waals surface area contributed by atoms with Crippen LogP contribution in [0.3, 0.4) is 0 Å². The van der Waals surface area contributed by atoms with Crippen molar-refractivity contribution >= 4 is 17.8 Å². The molecule has 4 aliphatic carbocycles. The highest BCUT2D eigenvalue weighted by molar-refractivity contribution is 6.12. The van der Waals surface area contributed by atoms with Gasteiger partial charge in [0, 0.05) is 18.7 Å². The van der Waals surface area contributed by atoms with E-state index in [0.29, 0.717) is 24.8 Å². The summed E-state index contributed by atoms with van der Waals surface area (Å²) in [6, 6.07) is 0. The largest absolute Gasteiger partial charge is 0.481 e. The van der Waals surface area contributed by atoms with Gasteiger partial charge in [-0.15, -0.1) is 0 Å². The number of carbonyl (C=O) groups is 3. The summed E-state index contributed by atoms with van der Waals surface area (Å²) in [5.41, 5.74) is -0.775. The molecule has 1 N–H and O–H groups in total. The summed E-state index contributed by atoms with van der Waals surface area (Å²) in [7, 11) is 0. The summed E-state index contributed by atoms with van der Waals surface area (Å²) in [5, 5.41) is 9.70. The molecule has 0 radical (unpaired) electrons. The van der Waals surface area contributed by atoms with Crippen LogP contribution >= 0.6 is 0 Å². The van der Waals surface area contributed by atoms with Gasteiger partial charge in [0.1, 0.15) is 0 Å². The minimum Gasteiger partial charge on any atom is -0.481 e. The number of aliphatic carboxylic acids is 1. The summed E-state index contributed by atoms with van der Waals surface area (Å²) >= 11 is 0. The molecule has 0 saturated heterocycles. The molecule has 4 bridgehead atoms. The van der Waals surface area contributed by atoms with E-state index in [1.165, 1.54) is 17.1 Å². The molecular weight excluding hydrogens is 270 g/mol. The molecule has 0 aromatic carbocycles. The van der Waals surface area contributed by atoms with Crippen molar-refractivity contribution in [3.05, 3.63) is 12.2 Å². The summed E-state index contributed by atoms with van der Waals surface area (Å²) in [4.78, 5) is 36.8. The number of nitrogens with zero attached hydrogens (tertiary/aromatic N) is 1. The average Bonchev–Trinajstić information content (AvgIpc) is 2.68. The molecule has 0 spiro atoms. The first-order chi connectivity index (χ1) is 9.91. The maximum absolute atomic E-state index is 11.8. The van der Waals surface area contributed by atoms with Crippen LogP contribution in [0.5, 0.6) is 0 Å². The fourth-order valence-electron chi connectivity index (χ4n) is 5.81. The maximum Gasteiger partial charge on any atom is 0.309 e. The van der Waals surface area contributed by atoms with Crippen LogP contribution in [-0.4, -0.2) is 34.3 Å². The number of carboxylic acid groups (broad SMARTS) is 1. The zero-order chi connectivity index (χ0) is 14.8. The number of carbonyl (C=O) groups excluding carboxylic acids is 2. The molecule has 4 fully saturated rings. The third kappa shape index (κ3) is 1.79. The zero-order valence-electron chi connectivity index (χ0n) is 11.9.